The SMILES string of the molecule is CCCCCCCCCCNCc1ccc(F)cc1C. The molecule has 114 valence electrons. The van der Waals surface area contributed by atoms with Gasteiger partial charge in [0, 0.05) is 6.54 Å². The Balaban J connectivity index is 1.97. The van der Waals surface area contributed by atoms with Crippen LogP contribution in [0.1, 0.15) is 69.4 Å². The lowest BCUT2D eigenvalue weighted by Crippen LogP contribution is -2.15. The maximum absolute atomic E-state index is 13.0. The first-order chi connectivity index (χ1) is 9.74. The minimum absolute atomic E-state index is 0.144. The van der Waals surface area contributed by atoms with E-state index in [1.165, 1.54) is 56.9 Å². The van der Waals surface area contributed by atoms with Gasteiger partial charge in [-0.05, 0) is 43.1 Å². The van der Waals surface area contributed by atoms with Crippen molar-refractivity contribution in [3.05, 3.63) is 35.1 Å². The van der Waals surface area contributed by atoms with E-state index in [9.17, 15) is 4.39 Å². The summed E-state index contributed by atoms with van der Waals surface area (Å²) in [5.74, 6) is -0.144. The minimum atomic E-state index is -0.144. The molecule has 0 bridgehead atoms. The molecular weight excluding hydrogens is 249 g/mol. The third-order valence-corrected chi connectivity index (χ3v) is 3.83. The fourth-order valence-corrected chi connectivity index (χ4v) is 2.46. The molecule has 1 aromatic carbocycles. The molecule has 1 N–H and O–H groups in total. The van der Waals surface area contributed by atoms with Gasteiger partial charge in [0.15, 0.2) is 0 Å². The van der Waals surface area contributed by atoms with E-state index in [1.807, 2.05) is 13.0 Å². The van der Waals surface area contributed by atoms with Crippen LogP contribution >= 0.6 is 0 Å². The number of hydrogen-bond donors (Lipinski definition) is 1. The molecule has 0 radical (unpaired) electrons. The summed E-state index contributed by atoms with van der Waals surface area (Å²) in [5, 5.41) is 3.45. The normalized spacial score (nSPS) is 10.9. The Kier molecular flexibility index (Phi) is 9.31. The first-order valence-electron chi connectivity index (χ1n) is 8.19. The Bertz CT molecular complexity index is 362. The molecule has 0 atom stereocenters. The second-order valence-electron chi connectivity index (χ2n) is 5.72. The van der Waals surface area contributed by atoms with E-state index in [0.29, 0.717) is 0 Å². The number of hydrogen-bond acceptors (Lipinski definition) is 1. The van der Waals surface area contributed by atoms with Crippen LogP contribution in [-0.2, 0) is 6.54 Å². The number of unbranched alkanes of at least 4 members (excludes halogenated alkanes) is 7. The second-order valence-corrected chi connectivity index (χ2v) is 5.72. The Morgan fingerprint density at radius 2 is 1.60 bits per heavy atom. The Morgan fingerprint density at radius 1 is 0.950 bits per heavy atom. The summed E-state index contributed by atoms with van der Waals surface area (Å²) in [4.78, 5) is 0. The maximum Gasteiger partial charge on any atom is 0.123 e. The van der Waals surface area contributed by atoms with Gasteiger partial charge in [-0.2, -0.15) is 0 Å². The predicted octanol–water partition coefficient (Wildman–Crippen LogP) is 5.36. The zero-order valence-electron chi connectivity index (χ0n) is 13.2. The van der Waals surface area contributed by atoms with E-state index in [-0.39, 0.29) is 5.82 Å². The second kappa shape index (κ2) is 10.8. The van der Waals surface area contributed by atoms with E-state index in [2.05, 4.69) is 12.2 Å². The monoisotopic (exact) mass is 279 g/mol. The van der Waals surface area contributed by atoms with Crippen LogP contribution in [0.5, 0.6) is 0 Å². The highest BCUT2D eigenvalue weighted by Crippen LogP contribution is 2.10. The molecule has 20 heavy (non-hydrogen) atoms. The molecule has 0 aliphatic rings. The van der Waals surface area contributed by atoms with Crippen LogP contribution < -0.4 is 5.32 Å². The lowest BCUT2D eigenvalue weighted by molar-refractivity contribution is 0.554. The third-order valence-electron chi connectivity index (χ3n) is 3.83. The van der Waals surface area contributed by atoms with Crippen LogP contribution in [0.4, 0.5) is 4.39 Å². The topological polar surface area (TPSA) is 12.0 Å². The van der Waals surface area contributed by atoms with Gasteiger partial charge in [0.25, 0.3) is 0 Å². The van der Waals surface area contributed by atoms with E-state index in [4.69, 9.17) is 0 Å². The van der Waals surface area contributed by atoms with Gasteiger partial charge in [-0.25, -0.2) is 4.39 Å². The van der Waals surface area contributed by atoms with Gasteiger partial charge >= 0.3 is 0 Å². The van der Waals surface area contributed by atoms with Crippen LogP contribution in [0.2, 0.25) is 0 Å². The summed E-state index contributed by atoms with van der Waals surface area (Å²) >= 11 is 0. The summed E-state index contributed by atoms with van der Waals surface area (Å²) in [5.41, 5.74) is 2.24. The summed E-state index contributed by atoms with van der Waals surface area (Å²) < 4.78 is 13.0. The number of rotatable bonds is 11. The van der Waals surface area contributed by atoms with Crippen LogP contribution in [0.25, 0.3) is 0 Å². The third kappa shape index (κ3) is 7.64. The van der Waals surface area contributed by atoms with Crippen molar-refractivity contribution in [2.45, 2.75) is 71.8 Å². The van der Waals surface area contributed by atoms with Crippen molar-refractivity contribution in [2.75, 3.05) is 6.54 Å². The van der Waals surface area contributed by atoms with Gasteiger partial charge in [-0.1, -0.05) is 57.9 Å². The summed E-state index contributed by atoms with van der Waals surface area (Å²) in [6.45, 7) is 6.14. The molecule has 2 heteroatoms. The highest BCUT2D eigenvalue weighted by Gasteiger charge is 1.99. The molecule has 1 rings (SSSR count). The zero-order valence-corrected chi connectivity index (χ0v) is 13.2. The van der Waals surface area contributed by atoms with E-state index >= 15 is 0 Å². The summed E-state index contributed by atoms with van der Waals surface area (Å²) in [6, 6.07) is 5.03. The largest absolute Gasteiger partial charge is 0.313 e. The predicted molar refractivity (Wildman–Crippen MR) is 85.5 cm³/mol. The minimum Gasteiger partial charge on any atom is -0.313 e. The average molecular weight is 279 g/mol. The molecule has 0 saturated heterocycles. The molecule has 0 spiro atoms. The first-order valence-corrected chi connectivity index (χ1v) is 8.19. The van der Waals surface area contributed by atoms with Gasteiger partial charge in [0.2, 0.25) is 0 Å². The molecule has 0 unspecified atom stereocenters. The van der Waals surface area contributed by atoms with Gasteiger partial charge < -0.3 is 5.32 Å². The highest BCUT2D eigenvalue weighted by atomic mass is 19.1. The van der Waals surface area contributed by atoms with Gasteiger partial charge in [0.1, 0.15) is 5.82 Å². The van der Waals surface area contributed by atoms with Crippen molar-refractivity contribution >= 4 is 0 Å². The Hall–Kier alpha value is -0.890. The molecule has 0 aliphatic heterocycles. The standard InChI is InChI=1S/C18H30FN/c1-3-4-5-6-7-8-9-10-13-20-15-17-11-12-18(19)14-16(17)2/h11-12,14,20H,3-10,13,15H2,1-2H3. The van der Waals surface area contributed by atoms with Crippen molar-refractivity contribution in [3.8, 4) is 0 Å². The van der Waals surface area contributed by atoms with Crippen LogP contribution in [-0.4, -0.2) is 6.54 Å². The smallest absolute Gasteiger partial charge is 0.123 e. The molecule has 0 heterocycles. The molecule has 0 aromatic heterocycles. The lowest BCUT2D eigenvalue weighted by Gasteiger charge is -2.08. The summed E-state index contributed by atoms with van der Waals surface area (Å²) in [7, 11) is 0. The van der Waals surface area contributed by atoms with Crippen molar-refractivity contribution in [2.24, 2.45) is 0 Å². The molecule has 0 fully saturated rings. The number of halogens is 1. The van der Waals surface area contributed by atoms with Gasteiger partial charge in [-0.3, -0.25) is 0 Å². The van der Waals surface area contributed by atoms with E-state index in [0.717, 1.165) is 18.7 Å². The fourth-order valence-electron chi connectivity index (χ4n) is 2.46. The molecule has 0 saturated carbocycles. The van der Waals surface area contributed by atoms with E-state index < -0.39 is 0 Å². The van der Waals surface area contributed by atoms with Crippen molar-refractivity contribution in [1.29, 1.82) is 0 Å². The van der Waals surface area contributed by atoms with Crippen LogP contribution in [0.15, 0.2) is 18.2 Å². The molecule has 1 nitrogen and oxygen atoms in total. The quantitative estimate of drug-likeness (QED) is 0.537. The maximum atomic E-state index is 13.0. The first kappa shape index (κ1) is 17.2. The number of nitrogens with one attached hydrogen (secondary N) is 1. The Labute approximate surface area is 124 Å². The molecule has 1 aromatic rings. The van der Waals surface area contributed by atoms with Gasteiger partial charge in [-0.15, -0.1) is 0 Å². The molecule has 0 aliphatic carbocycles. The van der Waals surface area contributed by atoms with Crippen LogP contribution in [0.3, 0.4) is 0 Å². The molecule has 0 amide bonds. The van der Waals surface area contributed by atoms with Crippen molar-refractivity contribution in [3.63, 3.8) is 0 Å². The zero-order chi connectivity index (χ0) is 14.6. The fraction of sp³-hybridized carbons (Fsp3) is 0.667. The van der Waals surface area contributed by atoms with E-state index in [1.54, 1.807) is 12.1 Å². The highest BCUT2D eigenvalue weighted by molar-refractivity contribution is 5.26. The molecular formula is C18H30FN. The number of aryl methyl sites for hydroxylation is 1. The van der Waals surface area contributed by atoms with Crippen molar-refractivity contribution in [1.82, 2.24) is 5.32 Å². The Morgan fingerprint density at radius 3 is 2.25 bits per heavy atom. The van der Waals surface area contributed by atoms with Gasteiger partial charge in [0.05, 0.1) is 0 Å². The van der Waals surface area contributed by atoms with Crippen molar-refractivity contribution < 1.29 is 4.39 Å². The summed E-state index contributed by atoms with van der Waals surface area (Å²) in [6.07, 6.45) is 10.8. The lowest BCUT2D eigenvalue weighted by atomic mass is 10.1. The van der Waals surface area contributed by atoms with Crippen LogP contribution in [0, 0.1) is 12.7 Å². The number of benzene rings is 1. The average Bonchev–Trinajstić information content (AvgIpc) is 2.43.